The topological polar surface area (TPSA) is 152 Å². The van der Waals surface area contributed by atoms with E-state index in [9.17, 15) is 23.9 Å². The number of nitrogens with zero attached hydrogens (tertiary/aromatic N) is 6. The molecule has 6 rings (SSSR count). The van der Waals surface area contributed by atoms with Crippen LogP contribution in [0, 0.1) is 17.6 Å². The van der Waals surface area contributed by atoms with Crippen LogP contribution in [0.2, 0.25) is 5.02 Å². The summed E-state index contributed by atoms with van der Waals surface area (Å²) in [6, 6.07) is 2.77. The highest BCUT2D eigenvalue weighted by atomic mass is 35.5. The Morgan fingerprint density at radius 1 is 1.15 bits per heavy atom. The molecule has 2 fully saturated rings. The van der Waals surface area contributed by atoms with E-state index in [1.807, 2.05) is 0 Å². The van der Waals surface area contributed by atoms with Gasteiger partial charge >= 0.3 is 0 Å². The number of hydrogen-bond acceptors (Lipinski definition) is 8. The Bertz CT molecular complexity index is 1920. The number of rotatable bonds is 8. The molecule has 0 unspecified atom stereocenters. The summed E-state index contributed by atoms with van der Waals surface area (Å²) in [7, 11) is 1.42. The van der Waals surface area contributed by atoms with Gasteiger partial charge in [-0.3, -0.25) is 19.3 Å². The minimum absolute atomic E-state index is 0.0110. The number of phenols is 1. The number of aromatic hydroxyl groups is 1. The summed E-state index contributed by atoms with van der Waals surface area (Å²) in [4.78, 5) is 51.8. The Kier molecular flexibility index (Phi) is 8.42. The third kappa shape index (κ3) is 5.78. The standard InChI is InChI=1S/C31H33ClF2N8O4/c1-16-11-40(12-17-4-3-5-17)6-7-42(16)23-9-22(21(32)10-36-23)38-24(43)14-41-13-20(25-30(41)37-15-39(2)31(25)46)18-8-19(29(35)45)28(44)27(34)26(18)33/h8-10,13,15-17,44H,3-7,11-12,14H2,1-2H3,(H2,35,45)(H,36,38,43)/t16-/m0/s1. The lowest BCUT2D eigenvalue weighted by Gasteiger charge is -2.43. The van der Waals surface area contributed by atoms with Gasteiger partial charge in [0.25, 0.3) is 11.5 Å². The van der Waals surface area contributed by atoms with Crippen molar-refractivity contribution in [2.75, 3.05) is 36.4 Å². The Balaban J connectivity index is 1.27. The SMILES string of the molecule is C[C@H]1CN(CC2CCC2)CCN1c1cc(NC(=O)Cn2cc(-c3cc(C(N)=O)c(O)c(F)c3F)c3c(=O)n(C)cnc32)c(Cl)cn1. The van der Waals surface area contributed by atoms with E-state index in [1.54, 1.807) is 6.07 Å². The first-order valence-corrected chi connectivity index (χ1v) is 15.3. The van der Waals surface area contributed by atoms with Crippen molar-refractivity contribution in [3.63, 3.8) is 0 Å². The van der Waals surface area contributed by atoms with Crippen LogP contribution in [0.3, 0.4) is 0 Å². The van der Waals surface area contributed by atoms with E-state index in [4.69, 9.17) is 17.3 Å². The highest BCUT2D eigenvalue weighted by molar-refractivity contribution is 6.33. The second-order valence-electron chi connectivity index (χ2n) is 12.0. The molecule has 12 nitrogen and oxygen atoms in total. The molecule has 2 aliphatic rings. The second-order valence-corrected chi connectivity index (χ2v) is 12.4. The molecule has 0 spiro atoms. The second kappa shape index (κ2) is 12.3. The molecule has 1 atom stereocenters. The van der Waals surface area contributed by atoms with Crippen LogP contribution in [-0.4, -0.2) is 73.1 Å². The van der Waals surface area contributed by atoms with Gasteiger partial charge < -0.3 is 30.2 Å². The lowest BCUT2D eigenvalue weighted by atomic mass is 9.85. The molecule has 1 aliphatic carbocycles. The third-order valence-electron chi connectivity index (χ3n) is 8.85. The van der Waals surface area contributed by atoms with Gasteiger partial charge in [0.2, 0.25) is 11.7 Å². The van der Waals surface area contributed by atoms with Crippen molar-refractivity contribution < 1.29 is 23.5 Å². The summed E-state index contributed by atoms with van der Waals surface area (Å²) < 4.78 is 32.2. The first-order valence-electron chi connectivity index (χ1n) is 14.9. The molecule has 0 bridgehead atoms. The maximum atomic E-state index is 15.1. The molecule has 15 heteroatoms. The van der Waals surface area contributed by atoms with Crippen molar-refractivity contribution >= 4 is 46.0 Å². The summed E-state index contributed by atoms with van der Waals surface area (Å²) in [5, 5.41) is 12.8. The van der Waals surface area contributed by atoms with Crippen molar-refractivity contribution in [3.8, 4) is 16.9 Å². The van der Waals surface area contributed by atoms with Gasteiger partial charge in [0.15, 0.2) is 11.6 Å². The minimum Gasteiger partial charge on any atom is -0.504 e. The van der Waals surface area contributed by atoms with Crippen LogP contribution in [-0.2, 0) is 18.4 Å². The molecule has 2 amide bonds. The van der Waals surface area contributed by atoms with Crippen LogP contribution in [0.4, 0.5) is 20.3 Å². The number of carbonyl (C=O) groups is 2. The molecule has 242 valence electrons. The molecular weight excluding hydrogens is 622 g/mol. The van der Waals surface area contributed by atoms with Crippen molar-refractivity contribution in [2.45, 2.75) is 38.8 Å². The Morgan fingerprint density at radius 3 is 2.59 bits per heavy atom. The van der Waals surface area contributed by atoms with Crippen LogP contribution < -0.4 is 21.5 Å². The Hall–Kier alpha value is -4.56. The normalized spacial score (nSPS) is 17.3. The molecule has 0 radical (unpaired) electrons. The van der Waals surface area contributed by atoms with Gasteiger partial charge in [0, 0.05) is 62.7 Å². The average Bonchev–Trinajstić information content (AvgIpc) is 3.35. The monoisotopic (exact) mass is 654 g/mol. The number of aromatic nitrogens is 4. The zero-order valence-corrected chi connectivity index (χ0v) is 26.0. The molecule has 1 aliphatic heterocycles. The van der Waals surface area contributed by atoms with Gasteiger partial charge in [-0.25, -0.2) is 14.4 Å². The van der Waals surface area contributed by atoms with Gasteiger partial charge in [0.1, 0.15) is 18.0 Å². The van der Waals surface area contributed by atoms with Gasteiger partial charge in [-0.15, -0.1) is 0 Å². The van der Waals surface area contributed by atoms with E-state index in [0.717, 1.165) is 42.7 Å². The smallest absolute Gasteiger partial charge is 0.263 e. The van der Waals surface area contributed by atoms with Gasteiger partial charge in [0.05, 0.1) is 34.2 Å². The number of carbonyl (C=O) groups excluding carboxylic acids is 2. The van der Waals surface area contributed by atoms with Gasteiger partial charge in [-0.05, 0) is 31.7 Å². The van der Waals surface area contributed by atoms with Crippen molar-refractivity contribution in [2.24, 2.45) is 18.7 Å². The number of primary amides is 1. The lowest BCUT2D eigenvalue weighted by Crippen LogP contribution is -2.53. The van der Waals surface area contributed by atoms with E-state index in [0.29, 0.717) is 11.5 Å². The fourth-order valence-electron chi connectivity index (χ4n) is 6.19. The van der Waals surface area contributed by atoms with Gasteiger partial charge in [-0.2, -0.15) is 4.39 Å². The molecule has 4 heterocycles. The fraction of sp³-hybridized carbons (Fsp3) is 0.387. The van der Waals surface area contributed by atoms with Crippen molar-refractivity contribution in [1.29, 1.82) is 0 Å². The van der Waals surface area contributed by atoms with Crippen LogP contribution >= 0.6 is 11.6 Å². The van der Waals surface area contributed by atoms with Crippen LogP contribution in [0.1, 0.15) is 36.5 Å². The first kappa shape index (κ1) is 31.4. The molecular formula is C31H33ClF2N8O4. The molecule has 3 aromatic heterocycles. The number of nitrogens with two attached hydrogens (primary N) is 1. The number of hydrogen-bond donors (Lipinski definition) is 3. The van der Waals surface area contributed by atoms with Crippen LogP contribution in [0.25, 0.3) is 22.2 Å². The largest absolute Gasteiger partial charge is 0.504 e. The van der Waals surface area contributed by atoms with E-state index < -0.39 is 45.9 Å². The maximum Gasteiger partial charge on any atom is 0.263 e. The summed E-state index contributed by atoms with van der Waals surface area (Å²) in [6.45, 7) is 5.47. The number of pyridine rings is 1. The third-order valence-corrected chi connectivity index (χ3v) is 9.15. The molecule has 1 aromatic carbocycles. The molecule has 1 saturated heterocycles. The zero-order valence-electron chi connectivity index (χ0n) is 25.3. The highest BCUT2D eigenvalue weighted by Crippen LogP contribution is 2.36. The maximum absolute atomic E-state index is 15.1. The summed E-state index contributed by atoms with van der Waals surface area (Å²) in [5.74, 6) is -4.75. The molecule has 4 aromatic rings. The summed E-state index contributed by atoms with van der Waals surface area (Å²) in [5.41, 5.74) is 3.65. The van der Waals surface area contributed by atoms with E-state index in [2.05, 4.69) is 32.0 Å². The number of amides is 2. The number of nitrogens with one attached hydrogen (secondary N) is 1. The fourth-order valence-corrected chi connectivity index (χ4v) is 6.35. The number of fused-ring (bicyclic) bond motifs is 1. The first-order chi connectivity index (χ1) is 21.9. The summed E-state index contributed by atoms with van der Waals surface area (Å²) in [6.07, 6.45) is 7.87. The lowest BCUT2D eigenvalue weighted by molar-refractivity contribution is -0.116. The average molecular weight is 655 g/mol. The van der Waals surface area contributed by atoms with E-state index in [-0.39, 0.29) is 34.2 Å². The van der Waals surface area contributed by atoms with E-state index in [1.165, 1.54) is 49.6 Å². The minimum atomic E-state index is -1.71. The van der Waals surface area contributed by atoms with E-state index >= 15 is 4.39 Å². The molecule has 4 N–H and O–H groups in total. The molecule has 1 saturated carbocycles. The summed E-state index contributed by atoms with van der Waals surface area (Å²) >= 11 is 6.42. The number of benzene rings is 1. The quantitative estimate of drug-likeness (QED) is 0.261. The predicted molar refractivity (Wildman–Crippen MR) is 169 cm³/mol. The predicted octanol–water partition coefficient (Wildman–Crippen LogP) is 3.48. The number of piperazine rings is 1. The number of halogens is 3. The number of aryl methyl sites for hydroxylation is 1. The highest BCUT2D eigenvalue weighted by Gasteiger charge is 2.29. The molecule has 46 heavy (non-hydrogen) atoms. The Labute approximate surface area is 267 Å². The zero-order chi connectivity index (χ0) is 32.9. The van der Waals surface area contributed by atoms with Crippen LogP contribution in [0.15, 0.2) is 35.6 Å². The number of anilines is 2. The van der Waals surface area contributed by atoms with Crippen molar-refractivity contribution in [1.82, 2.24) is 24.0 Å². The van der Waals surface area contributed by atoms with Crippen molar-refractivity contribution in [3.05, 3.63) is 63.4 Å². The van der Waals surface area contributed by atoms with Crippen LogP contribution in [0.5, 0.6) is 5.75 Å². The van der Waals surface area contributed by atoms with Gasteiger partial charge in [-0.1, -0.05) is 18.0 Å². The Morgan fingerprint density at radius 2 is 1.91 bits per heavy atom.